The SMILES string of the molecule is CC1CCNC(C)NC1. The Bertz CT molecular complexity index is 73.0. The topological polar surface area (TPSA) is 24.1 Å². The van der Waals surface area contributed by atoms with Crippen molar-refractivity contribution in [2.24, 2.45) is 5.92 Å². The van der Waals surface area contributed by atoms with Crippen molar-refractivity contribution in [1.82, 2.24) is 10.6 Å². The van der Waals surface area contributed by atoms with Gasteiger partial charge in [-0.25, -0.2) is 0 Å². The fourth-order valence-corrected chi connectivity index (χ4v) is 1.10. The molecule has 54 valence electrons. The summed E-state index contributed by atoms with van der Waals surface area (Å²) in [6.07, 6.45) is 1.81. The van der Waals surface area contributed by atoms with E-state index in [9.17, 15) is 0 Å². The van der Waals surface area contributed by atoms with Crippen LogP contribution in [-0.2, 0) is 0 Å². The van der Waals surface area contributed by atoms with E-state index in [4.69, 9.17) is 0 Å². The van der Waals surface area contributed by atoms with Gasteiger partial charge in [0.05, 0.1) is 6.17 Å². The van der Waals surface area contributed by atoms with Crippen molar-refractivity contribution >= 4 is 0 Å². The van der Waals surface area contributed by atoms with E-state index in [-0.39, 0.29) is 0 Å². The smallest absolute Gasteiger partial charge is 0.0542 e. The van der Waals surface area contributed by atoms with Crippen molar-refractivity contribution in [1.29, 1.82) is 0 Å². The highest BCUT2D eigenvalue weighted by atomic mass is 15.1. The second-order valence-electron chi connectivity index (χ2n) is 2.98. The fourth-order valence-electron chi connectivity index (χ4n) is 1.10. The van der Waals surface area contributed by atoms with Gasteiger partial charge in [-0.1, -0.05) is 6.92 Å². The maximum absolute atomic E-state index is 3.38. The first kappa shape index (κ1) is 7.03. The van der Waals surface area contributed by atoms with Crippen LogP contribution in [0, 0.1) is 5.92 Å². The number of nitrogens with one attached hydrogen (secondary N) is 2. The van der Waals surface area contributed by atoms with E-state index < -0.39 is 0 Å². The van der Waals surface area contributed by atoms with Crippen molar-refractivity contribution in [2.75, 3.05) is 13.1 Å². The van der Waals surface area contributed by atoms with Crippen molar-refractivity contribution in [3.8, 4) is 0 Å². The van der Waals surface area contributed by atoms with Crippen LogP contribution in [0.25, 0.3) is 0 Å². The predicted molar refractivity (Wildman–Crippen MR) is 39.2 cm³/mol. The number of hydrogen-bond acceptors (Lipinski definition) is 2. The molecule has 0 saturated carbocycles. The average molecular weight is 128 g/mol. The molecule has 1 rings (SSSR count). The molecule has 0 aromatic heterocycles. The van der Waals surface area contributed by atoms with E-state index >= 15 is 0 Å². The molecule has 0 bridgehead atoms. The summed E-state index contributed by atoms with van der Waals surface area (Å²) < 4.78 is 0. The number of rotatable bonds is 0. The molecule has 1 aliphatic heterocycles. The monoisotopic (exact) mass is 128 g/mol. The Balaban J connectivity index is 2.25. The lowest BCUT2D eigenvalue weighted by atomic mass is 10.1. The molecule has 2 N–H and O–H groups in total. The summed E-state index contributed by atoms with van der Waals surface area (Å²) >= 11 is 0. The van der Waals surface area contributed by atoms with E-state index in [1.165, 1.54) is 6.42 Å². The molecule has 1 fully saturated rings. The first-order chi connectivity index (χ1) is 4.29. The van der Waals surface area contributed by atoms with Gasteiger partial charge in [0.25, 0.3) is 0 Å². The Hall–Kier alpha value is -0.0800. The van der Waals surface area contributed by atoms with Gasteiger partial charge in [-0.3, -0.25) is 0 Å². The minimum absolute atomic E-state index is 0.509. The average Bonchev–Trinajstić information content (AvgIpc) is 1.97. The highest BCUT2D eigenvalue weighted by Gasteiger charge is 2.09. The molecular formula is C7H16N2. The lowest BCUT2D eigenvalue weighted by Gasteiger charge is -2.09. The summed E-state index contributed by atoms with van der Waals surface area (Å²) in [4.78, 5) is 0. The lowest BCUT2D eigenvalue weighted by molar-refractivity contribution is 0.483. The molecule has 0 spiro atoms. The molecule has 0 aliphatic carbocycles. The van der Waals surface area contributed by atoms with Crippen molar-refractivity contribution in [3.63, 3.8) is 0 Å². The first-order valence-corrected chi connectivity index (χ1v) is 3.76. The van der Waals surface area contributed by atoms with Crippen LogP contribution in [-0.4, -0.2) is 19.3 Å². The van der Waals surface area contributed by atoms with Crippen LogP contribution in [0.5, 0.6) is 0 Å². The summed E-state index contributed by atoms with van der Waals surface area (Å²) in [6, 6.07) is 0. The summed E-state index contributed by atoms with van der Waals surface area (Å²) in [5.41, 5.74) is 0. The summed E-state index contributed by atoms with van der Waals surface area (Å²) in [6.45, 7) is 6.77. The van der Waals surface area contributed by atoms with Gasteiger partial charge in [-0.05, 0) is 32.4 Å². The molecule has 2 atom stereocenters. The van der Waals surface area contributed by atoms with Gasteiger partial charge in [-0.15, -0.1) is 0 Å². The van der Waals surface area contributed by atoms with Crippen molar-refractivity contribution < 1.29 is 0 Å². The van der Waals surface area contributed by atoms with E-state index in [2.05, 4.69) is 24.5 Å². The molecule has 0 aromatic carbocycles. The fraction of sp³-hybridized carbons (Fsp3) is 1.00. The summed E-state index contributed by atoms with van der Waals surface area (Å²) in [5, 5.41) is 6.75. The number of hydrogen-bond donors (Lipinski definition) is 2. The largest absolute Gasteiger partial charge is 0.302 e. The Morgan fingerprint density at radius 3 is 2.78 bits per heavy atom. The molecular weight excluding hydrogens is 112 g/mol. The van der Waals surface area contributed by atoms with Crippen LogP contribution in [0.15, 0.2) is 0 Å². The van der Waals surface area contributed by atoms with Crippen LogP contribution in [0.3, 0.4) is 0 Å². The maximum Gasteiger partial charge on any atom is 0.0542 e. The van der Waals surface area contributed by atoms with E-state index in [1.54, 1.807) is 0 Å². The second kappa shape index (κ2) is 3.18. The van der Waals surface area contributed by atoms with Crippen molar-refractivity contribution in [3.05, 3.63) is 0 Å². The van der Waals surface area contributed by atoms with E-state index in [0.29, 0.717) is 6.17 Å². The third kappa shape index (κ3) is 2.33. The Kier molecular flexibility index (Phi) is 2.49. The van der Waals surface area contributed by atoms with Gasteiger partial charge in [0.15, 0.2) is 0 Å². The van der Waals surface area contributed by atoms with Crippen LogP contribution in [0.2, 0.25) is 0 Å². The molecule has 0 radical (unpaired) electrons. The minimum Gasteiger partial charge on any atom is -0.302 e. The van der Waals surface area contributed by atoms with Gasteiger partial charge >= 0.3 is 0 Å². The highest BCUT2D eigenvalue weighted by Crippen LogP contribution is 2.01. The molecule has 1 saturated heterocycles. The lowest BCUT2D eigenvalue weighted by Crippen LogP contribution is -2.38. The Morgan fingerprint density at radius 2 is 2.00 bits per heavy atom. The molecule has 2 unspecified atom stereocenters. The summed E-state index contributed by atoms with van der Waals surface area (Å²) in [7, 11) is 0. The van der Waals surface area contributed by atoms with Crippen LogP contribution in [0.4, 0.5) is 0 Å². The third-order valence-corrected chi connectivity index (χ3v) is 1.86. The molecule has 2 heteroatoms. The van der Waals surface area contributed by atoms with Gasteiger partial charge in [0.1, 0.15) is 0 Å². The van der Waals surface area contributed by atoms with Crippen LogP contribution < -0.4 is 10.6 Å². The molecule has 2 nitrogen and oxygen atoms in total. The second-order valence-corrected chi connectivity index (χ2v) is 2.98. The Labute approximate surface area is 57.0 Å². The van der Waals surface area contributed by atoms with E-state index in [0.717, 1.165) is 19.0 Å². The molecule has 0 amide bonds. The molecule has 1 aliphatic rings. The predicted octanol–water partition coefficient (Wildman–Crippen LogP) is 0.551. The Morgan fingerprint density at radius 1 is 1.22 bits per heavy atom. The van der Waals surface area contributed by atoms with E-state index in [1.807, 2.05) is 0 Å². The van der Waals surface area contributed by atoms with Gasteiger partial charge in [-0.2, -0.15) is 0 Å². The first-order valence-electron chi connectivity index (χ1n) is 3.76. The standard InChI is InChI=1S/C7H16N2/c1-6-3-4-8-7(2)9-5-6/h6-9H,3-5H2,1-2H3. The molecule has 9 heavy (non-hydrogen) atoms. The minimum atomic E-state index is 0.509. The third-order valence-electron chi connectivity index (χ3n) is 1.86. The summed E-state index contributed by atoms with van der Waals surface area (Å²) in [5.74, 6) is 0.836. The van der Waals surface area contributed by atoms with Gasteiger partial charge in [0.2, 0.25) is 0 Å². The van der Waals surface area contributed by atoms with Crippen LogP contribution >= 0.6 is 0 Å². The molecule has 0 aromatic rings. The van der Waals surface area contributed by atoms with Gasteiger partial charge in [0, 0.05) is 0 Å². The zero-order valence-corrected chi connectivity index (χ0v) is 6.28. The zero-order chi connectivity index (χ0) is 6.69. The van der Waals surface area contributed by atoms with Crippen molar-refractivity contribution in [2.45, 2.75) is 26.4 Å². The van der Waals surface area contributed by atoms with Crippen LogP contribution in [0.1, 0.15) is 20.3 Å². The zero-order valence-electron chi connectivity index (χ0n) is 6.28. The maximum atomic E-state index is 3.38. The normalized spacial score (nSPS) is 38.0. The molecule has 1 heterocycles. The van der Waals surface area contributed by atoms with Gasteiger partial charge < -0.3 is 10.6 Å². The quantitative estimate of drug-likeness (QED) is 0.498. The highest BCUT2D eigenvalue weighted by molar-refractivity contribution is 4.68.